The SMILES string of the molecule is CC(=O)c1ccc(S(=O)(=O)N2CC3(C)CC2CC(C)(C)C3)cc1.CC1(C)CC2CC(C)(CN2S(=O)(=O)c2ccc(C(C)(C)O)cc2)C1. The number of benzene rings is 2. The number of rotatable bonds is 6. The van der Waals surface area contributed by atoms with E-state index in [9.17, 15) is 26.7 Å². The monoisotopic (exact) mass is 686 g/mol. The van der Waals surface area contributed by atoms with Crippen molar-refractivity contribution in [3.8, 4) is 0 Å². The first-order chi connectivity index (χ1) is 21.3. The van der Waals surface area contributed by atoms with Crippen LogP contribution in [0.2, 0.25) is 0 Å². The maximum absolute atomic E-state index is 13.2. The van der Waals surface area contributed by atoms with Gasteiger partial charge in [-0.1, -0.05) is 65.8 Å². The lowest BCUT2D eigenvalue weighted by molar-refractivity contribution is 0.0785. The van der Waals surface area contributed by atoms with Crippen molar-refractivity contribution in [3.05, 3.63) is 59.7 Å². The van der Waals surface area contributed by atoms with Crippen molar-refractivity contribution in [1.29, 1.82) is 0 Å². The summed E-state index contributed by atoms with van der Waals surface area (Å²) in [5, 5.41) is 10.0. The molecule has 4 aliphatic rings. The number of nitrogens with zero attached hydrogens (tertiary/aromatic N) is 2. The van der Waals surface area contributed by atoms with Gasteiger partial charge in [0.1, 0.15) is 0 Å². The summed E-state index contributed by atoms with van der Waals surface area (Å²) in [4.78, 5) is 12.0. The average Bonchev–Trinajstić information content (AvgIpc) is 3.35. The Hall–Kier alpha value is -2.11. The zero-order valence-electron chi connectivity index (χ0n) is 29.6. The number of fused-ring (bicyclic) bond motifs is 4. The number of aliphatic hydroxyl groups is 1. The number of sulfonamides is 2. The first-order valence-electron chi connectivity index (χ1n) is 16.8. The van der Waals surface area contributed by atoms with Crippen molar-refractivity contribution < 1.29 is 26.7 Å². The van der Waals surface area contributed by atoms with Gasteiger partial charge in [0.2, 0.25) is 20.0 Å². The molecule has 0 aromatic heterocycles. The lowest BCUT2D eigenvalue weighted by atomic mass is 9.65. The Labute approximate surface area is 283 Å². The summed E-state index contributed by atoms with van der Waals surface area (Å²) in [7, 11) is -6.99. The molecule has 47 heavy (non-hydrogen) atoms. The lowest BCUT2D eigenvalue weighted by Crippen LogP contribution is -2.37. The molecule has 260 valence electrons. The molecule has 2 aliphatic carbocycles. The molecule has 0 radical (unpaired) electrons. The molecular formula is C37H54N2O6S2. The Kier molecular flexibility index (Phi) is 9.05. The van der Waals surface area contributed by atoms with Crippen LogP contribution in [0.15, 0.2) is 58.3 Å². The molecule has 0 amide bonds. The fraction of sp³-hybridized carbons (Fsp3) is 0.649. The van der Waals surface area contributed by atoms with Crippen molar-refractivity contribution in [3.63, 3.8) is 0 Å². The number of hydrogen-bond acceptors (Lipinski definition) is 6. The van der Waals surface area contributed by atoms with Gasteiger partial charge in [-0.05, 0) is 111 Å². The first-order valence-corrected chi connectivity index (χ1v) is 19.7. The van der Waals surface area contributed by atoms with Crippen LogP contribution in [-0.2, 0) is 25.6 Å². The van der Waals surface area contributed by atoms with Gasteiger partial charge >= 0.3 is 0 Å². The van der Waals surface area contributed by atoms with Gasteiger partial charge in [0.15, 0.2) is 5.78 Å². The highest BCUT2D eigenvalue weighted by Gasteiger charge is 2.54. The molecule has 4 fully saturated rings. The van der Waals surface area contributed by atoms with Crippen LogP contribution in [0.25, 0.3) is 0 Å². The van der Waals surface area contributed by atoms with Gasteiger partial charge in [-0.2, -0.15) is 8.61 Å². The van der Waals surface area contributed by atoms with Crippen LogP contribution in [0, 0.1) is 21.7 Å². The molecule has 4 bridgehead atoms. The number of carbonyl (C=O) groups is 1. The Morgan fingerprint density at radius 1 is 0.681 bits per heavy atom. The van der Waals surface area contributed by atoms with Crippen LogP contribution in [0.3, 0.4) is 0 Å². The Morgan fingerprint density at radius 3 is 1.38 bits per heavy atom. The lowest BCUT2D eigenvalue weighted by Gasteiger charge is -2.39. The summed E-state index contributed by atoms with van der Waals surface area (Å²) in [5.41, 5.74) is 0.800. The van der Waals surface area contributed by atoms with E-state index < -0.39 is 25.6 Å². The summed E-state index contributed by atoms with van der Waals surface area (Å²) in [6.45, 7) is 19.4. The fourth-order valence-corrected chi connectivity index (χ4v) is 13.1. The Bertz CT molecular complexity index is 1730. The number of hydrogen-bond donors (Lipinski definition) is 1. The van der Waals surface area contributed by atoms with E-state index >= 15 is 0 Å². The minimum Gasteiger partial charge on any atom is -0.386 e. The third-order valence-electron chi connectivity index (χ3n) is 10.8. The second-order valence-corrected chi connectivity index (χ2v) is 21.5. The van der Waals surface area contributed by atoms with E-state index in [1.165, 1.54) is 6.92 Å². The van der Waals surface area contributed by atoms with E-state index in [0.29, 0.717) is 23.5 Å². The largest absolute Gasteiger partial charge is 0.386 e. The van der Waals surface area contributed by atoms with Crippen LogP contribution in [0.5, 0.6) is 0 Å². The number of ketones is 1. The summed E-state index contributed by atoms with van der Waals surface area (Å²) < 4.78 is 55.8. The first kappa shape index (κ1) is 36.2. The summed E-state index contributed by atoms with van der Waals surface area (Å²) >= 11 is 0. The molecule has 2 aromatic rings. The van der Waals surface area contributed by atoms with Crippen LogP contribution in [-0.4, -0.2) is 61.5 Å². The second kappa shape index (κ2) is 11.8. The quantitative estimate of drug-likeness (QED) is 0.328. The van der Waals surface area contributed by atoms with Crippen LogP contribution < -0.4 is 0 Å². The van der Waals surface area contributed by atoms with Crippen LogP contribution in [0.1, 0.15) is 117 Å². The second-order valence-electron chi connectivity index (χ2n) is 17.7. The molecule has 8 nitrogen and oxygen atoms in total. The molecule has 0 spiro atoms. The standard InChI is InChI=1S/C19H29NO3S.C18H25NO3S/c1-17(2)10-15-11-19(5,12-17)13-20(15)24(22,23)16-8-6-14(7-9-16)18(3,4)21;1-13(20)14-5-7-16(8-6-14)23(21,22)19-12-18(4)10-15(19)9-17(2,3)11-18/h6-9,15,21H,10-13H2,1-5H3;5-8,15H,9-12H2,1-4H3. The van der Waals surface area contributed by atoms with E-state index in [1.807, 2.05) is 0 Å². The maximum atomic E-state index is 13.2. The number of carbonyl (C=O) groups excluding carboxylic acids is 1. The minimum absolute atomic E-state index is 0.0553. The van der Waals surface area contributed by atoms with E-state index in [1.54, 1.807) is 71.0 Å². The third-order valence-corrected chi connectivity index (χ3v) is 14.6. The van der Waals surface area contributed by atoms with Crippen molar-refractivity contribution in [2.75, 3.05) is 13.1 Å². The summed E-state index contributed by atoms with van der Waals surface area (Å²) in [6.07, 6.45) is 5.86. The molecule has 2 aromatic carbocycles. The van der Waals surface area contributed by atoms with Crippen LogP contribution >= 0.6 is 0 Å². The van der Waals surface area contributed by atoms with E-state index in [4.69, 9.17) is 0 Å². The van der Waals surface area contributed by atoms with Gasteiger partial charge in [-0.25, -0.2) is 16.8 Å². The predicted molar refractivity (Wildman–Crippen MR) is 185 cm³/mol. The van der Waals surface area contributed by atoms with Crippen LogP contribution in [0.4, 0.5) is 0 Å². The van der Waals surface area contributed by atoms with Crippen molar-refractivity contribution in [2.24, 2.45) is 21.7 Å². The zero-order chi connectivity index (χ0) is 35.0. The Morgan fingerprint density at radius 2 is 1.04 bits per heavy atom. The van der Waals surface area contributed by atoms with Crippen molar-refractivity contribution >= 4 is 25.8 Å². The molecule has 10 heteroatoms. The van der Waals surface area contributed by atoms with Gasteiger partial charge in [0.25, 0.3) is 0 Å². The van der Waals surface area contributed by atoms with Crippen molar-refractivity contribution in [1.82, 2.24) is 8.61 Å². The molecule has 2 saturated heterocycles. The normalized spacial score (nSPS) is 30.4. The molecule has 2 heterocycles. The highest BCUT2D eigenvalue weighted by atomic mass is 32.2. The Balaban J connectivity index is 0.000000185. The molecule has 2 aliphatic heterocycles. The van der Waals surface area contributed by atoms with Gasteiger partial charge in [0, 0.05) is 30.7 Å². The van der Waals surface area contributed by atoms with Crippen molar-refractivity contribution in [2.45, 2.75) is 128 Å². The molecule has 4 atom stereocenters. The summed E-state index contributed by atoms with van der Waals surface area (Å²) in [6, 6.07) is 13.2. The highest BCUT2D eigenvalue weighted by Crippen LogP contribution is 2.55. The van der Waals surface area contributed by atoms with E-state index in [2.05, 4.69) is 41.5 Å². The molecule has 4 unspecified atom stereocenters. The predicted octanol–water partition coefficient (Wildman–Crippen LogP) is 6.98. The highest BCUT2D eigenvalue weighted by molar-refractivity contribution is 7.89. The molecule has 6 rings (SSSR count). The van der Waals surface area contributed by atoms with Gasteiger partial charge in [-0.15, -0.1) is 0 Å². The summed E-state index contributed by atoms with van der Waals surface area (Å²) in [5.74, 6) is -0.0553. The molecule has 2 saturated carbocycles. The van der Waals surface area contributed by atoms with Gasteiger partial charge < -0.3 is 5.11 Å². The third kappa shape index (κ3) is 7.42. The smallest absolute Gasteiger partial charge is 0.243 e. The topological polar surface area (TPSA) is 112 Å². The van der Waals surface area contributed by atoms with Gasteiger partial charge in [-0.3, -0.25) is 4.79 Å². The fourth-order valence-electron chi connectivity index (χ4n) is 9.55. The molecular weight excluding hydrogens is 633 g/mol. The average molecular weight is 687 g/mol. The molecule has 1 N–H and O–H groups in total. The number of Topliss-reactive ketones (excluding diaryl/α,β-unsaturated/α-hetero) is 1. The zero-order valence-corrected chi connectivity index (χ0v) is 31.3. The minimum atomic E-state index is -3.50. The van der Waals surface area contributed by atoms with Gasteiger partial charge in [0.05, 0.1) is 15.4 Å². The maximum Gasteiger partial charge on any atom is 0.243 e. The van der Waals surface area contributed by atoms with E-state index in [0.717, 1.165) is 44.1 Å². The van der Waals surface area contributed by atoms with E-state index in [-0.39, 0.29) is 44.4 Å².